The van der Waals surface area contributed by atoms with Crippen molar-refractivity contribution in [3.05, 3.63) is 40.4 Å². The van der Waals surface area contributed by atoms with Gasteiger partial charge in [0.05, 0.1) is 6.61 Å². The zero-order chi connectivity index (χ0) is 12.8. The lowest BCUT2D eigenvalue weighted by molar-refractivity contribution is -0.185. The van der Waals surface area contributed by atoms with E-state index in [-0.39, 0.29) is 6.23 Å². The molecule has 1 aromatic carbocycles. The molecule has 0 spiro atoms. The number of hydrogen-bond donors (Lipinski definition) is 0. The second-order valence-corrected chi connectivity index (χ2v) is 6.34. The minimum atomic E-state index is 0.0500. The van der Waals surface area contributed by atoms with Crippen LogP contribution in [0.2, 0.25) is 0 Å². The van der Waals surface area contributed by atoms with E-state index < -0.39 is 0 Å². The van der Waals surface area contributed by atoms with Gasteiger partial charge >= 0.3 is 0 Å². The molecule has 4 rings (SSSR count). The van der Waals surface area contributed by atoms with Gasteiger partial charge in [-0.25, -0.2) is 4.90 Å². The van der Waals surface area contributed by atoms with Crippen LogP contribution in [0.1, 0.15) is 24.6 Å². The Morgan fingerprint density at radius 3 is 3.05 bits per heavy atom. The normalized spacial score (nSPS) is 33.0. The van der Waals surface area contributed by atoms with E-state index in [9.17, 15) is 0 Å². The smallest absolute Gasteiger partial charge is 0.144 e. The van der Waals surface area contributed by atoms with Crippen molar-refractivity contribution in [2.45, 2.75) is 25.1 Å². The molecular weight excluding hydrogens is 306 g/mol. The second-order valence-electron chi connectivity index (χ2n) is 5.43. The van der Waals surface area contributed by atoms with Gasteiger partial charge < -0.3 is 9.47 Å². The van der Waals surface area contributed by atoms with Crippen molar-refractivity contribution in [1.29, 1.82) is 0 Å². The maximum atomic E-state index is 6.12. The Balaban J connectivity index is 1.71. The van der Waals surface area contributed by atoms with Gasteiger partial charge in [-0.05, 0) is 31.0 Å². The van der Waals surface area contributed by atoms with Crippen LogP contribution in [0, 0.1) is 5.92 Å². The Hall–Kier alpha value is -0.840. The highest BCUT2D eigenvalue weighted by atomic mass is 79.9. The third-order valence-corrected chi connectivity index (χ3v) is 4.82. The molecule has 0 aromatic heterocycles. The van der Waals surface area contributed by atoms with Gasteiger partial charge in [-0.3, -0.25) is 0 Å². The van der Waals surface area contributed by atoms with E-state index >= 15 is 0 Å². The van der Waals surface area contributed by atoms with Crippen molar-refractivity contribution >= 4 is 15.9 Å². The number of rotatable bonds is 0. The van der Waals surface area contributed by atoms with Crippen molar-refractivity contribution in [3.63, 3.8) is 0 Å². The summed E-state index contributed by atoms with van der Waals surface area (Å²) in [5, 5.41) is 0. The van der Waals surface area contributed by atoms with Gasteiger partial charge in [0.1, 0.15) is 18.7 Å². The van der Waals surface area contributed by atoms with Gasteiger partial charge in [-0.15, -0.1) is 0 Å². The summed E-state index contributed by atoms with van der Waals surface area (Å²) in [6.07, 6.45) is 6.85. The van der Waals surface area contributed by atoms with E-state index in [4.69, 9.17) is 9.47 Å². The first kappa shape index (κ1) is 11.9. The van der Waals surface area contributed by atoms with E-state index in [0.717, 1.165) is 35.2 Å². The van der Waals surface area contributed by atoms with Crippen LogP contribution in [0.25, 0.3) is 0 Å². The number of fused-ring (bicyclic) bond motifs is 5. The quantitative estimate of drug-likeness (QED) is 0.683. The number of nitrogens with zero attached hydrogens (tertiary/aromatic N) is 1. The molecule has 3 aliphatic rings. The zero-order valence-electron chi connectivity index (χ0n) is 10.6. The number of ether oxygens (including phenoxy) is 2. The summed E-state index contributed by atoms with van der Waals surface area (Å²) in [5.41, 5.74) is 1.15. The first-order valence-corrected chi connectivity index (χ1v) is 7.57. The molecule has 0 amide bonds. The molecule has 0 bridgehead atoms. The summed E-state index contributed by atoms with van der Waals surface area (Å²) >= 11 is 3.54. The van der Waals surface area contributed by atoms with Crippen LogP contribution in [0.4, 0.5) is 0 Å². The molecule has 3 atom stereocenters. The first-order chi connectivity index (χ1) is 9.33. The van der Waals surface area contributed by atoms with Gasteiger partial charge in [0.2, 0.25) is 0 Å². The average Bonchev–Trinajstić information content (AvgIpc) is 2.46. The lowest BCUT2D eigenvalue weighted by Crippen LogP contribution is -2.53. The zero-order valence-corrected chi connectivity index (χ0v) is 12.2. The fraction of sp³-hybridized carbons (Fsp3) is 0.467. The molecule has 4 heteroatoms. The van der Waals surface area contributed by atoms with E-state index in [1.54, 1.807) is 0 Å². The Kier molecular flexibility index (Phi) is 2.90. The van der Waals surface area contributed by atoms with Gasteiger partial charge in [0.25, 0.3) is 0 Å². The molecule has 3 nitrogen and oxygen atoms in total. The molecule has 2 heterocycles. The lowest BCUT2D eigenvalue weighted by atomic mass is 9.86. The van der Waals surface area contributed by atoms with Crippen molar-refractivity contribution in [2.24, 2.45) is 5.92 Å². The fourth-order valence-corrected chi connectivity index (χ4v) is 3.72. The molecule has 0 N–H and O–H groups in total. The SMILES string of the molecule is Brc1ccc2c(c1)[C@@H]1OC[C@H]3CC=CC[C@@H]3N1CO2. The predicted octanol–water partition coefficient (Wildman–Crippen LogP) is 3.46. The van der Waals surface area contributed by atoms with E-state index in [0.29, 0.717) is 18.7 Å². The molecule has 1 aliphatic carbocycles. The Morgan fingerprint density at radius 2 is 2.11 bits per heavy atom. The first-order valence-electron chi connectivity index (χ1n) is 6.77. The third kappa shape index (κ3) is 1.93. The molecule has 0 unspecified atom stereocenters. The summed E-state index contributed by atoms with van der Waals surface area (Å²) in [6.45, 7) is 1.48. The molecule has 0 radical (unpaired) electrons. The Labute approximate surface area is 121 Å². The van der Waals surface area contributed by atoms with Crippen LogP contribution in [-0.4, -0.2) is 24.3 Å². The fourth-order valence-electron chi connectivity index (χ4n) is 3.35. The number of benzene rings is 1. The number of halogens is 1. The standard InChI is InChI=1S/C15H16BrNO2/c16-11-5-6-14-12(7-11)15-17(9-19-14)13-4-2-1-3-10(13)8-18-15/h1-2,5-7,10,13,15H,3-4,8-9H2/t10-,13+,15+/m1/s1. The van der Waals surface area contributed by atoms with Crippen molar-refractivity contribution < 1.29 is 9.47 Å². The molecule has 1 aromatic rings. The Bertz CT molecular complexity index is 531. The van der Waals surface area contributed by atoms with Crippen LogP contribution >= 0.6 is 15.9 Å². The maximum Gasteiger partial charge on any atom is 0.144 e. The third-order valence-electron chi connectivity index (χ3n) is 4.33. The highest BCUT2D eigenvalue weighted by Crippen LogP contribution is 2.43. The van der Waals surface area contributed by atoms with Crippen LogP contribution in [-0.2, 0) is 4.74 Å². The molecule has 0 saturated carbocycles. The van der Waals surface area contributed by atoms with Gasteiger partial charge in [-0.1, -0.05) is 28.1 Å². The van der Waals surface area contributed by atoms with Crippen LogP contribution < -0.4 is 4.74 Å². The van der Waals surface area contributed by atoms with Gasteiger partial charge in [0, 0.05) is 22.0 Å². The highest BCUT2D eigenvalue weighted by Gasteiger charge is 2.42. The largest absolute Gasteiger partial charge is 0.478 e. The summed E-state index contributed by atoms with van der Waals surface area (Å²) < 4.78 is 13.1. The highest BCUT2D eigenvalue weighted by molar-refractivity contribution is 9.10. The van der Waals surface area contributed by atoms with Gasteiger partial charge in [0.15, 0.2) is 0 Å². The second kappa shape index (κ2) is 4.62. The van der Waals surface area contributed by atoms with E-state index in [2.05, 4.69) is 39.0 Å². The van der Waals surface area contributed by atoms with Crippen molar-refractivity contribution in [1.82, 2.24) is 4.90 Å². The summed E-state index contributed by atoms with van der Waals surface area (Å²) in [7, 11) is 0. The van der Waals surface area contributed by atoms with Gasteiger partial charge in [-0.2, -0.15) is 0 Å². The number of allylic oxidation sites excluding steroid dienone is 1. The maximum absolute atomic E-state index is 6.12. The molecule has 100 valence electrons. The van der Waals surface area contributed by atoms with Crippen LogP contribution in [0.15, 0.2) is 34.8 Å². The Morgan fingerprint density at radius 1 is 1.21 bits per heavy atom. The van der Waals surface area contributed by atoms with Crippen molar-refractivity contribution in [2.75, 3.05) is 13.3 Å². The summed E-state index contributed by atoms with van der Waals surface area (Å²) in [6, 6.07) is 6.71. The summed E-state index contributed by atoms with van der Waals surface area (Å²) in [4.78, 5) is 2.37. The molecular formula is C15H16BrNO2. The lowest BCUT2D eigenvalue weighted by Gasteiger charge is -2.49. The molecule has 1 saturated heterocycles. The van der Waals surface area contributed by atoms with E-state index in [1.165, 1.54) is 0 Å². The van der Waals surface area contributed by atoms with E-state index in [1.807, 2.05) is 12.1 Å². The van der Waals surface area contributed by atoms with Crippen LogP contribution in [0.3, 0.4) is 0 Å². The number of hydrogen-bond acceptors (Lipinski definition) is 3. The van der Waals surface area contributed by atoms with Crippen LogP contribution in [0.5, 0.6) is 5.75 Å². The molecule has 1 fully saturated rings. The molecule has 2 aliphatic heterocycles. The minimum Gasteiger partial charge on any atom is -0.478 e. The monoisotopic (exact) mass is 321 g/mol. The summed E-state index contributed by atoms with van der Waals surface area (Å²) in [5.74, 6) is 1.56. The average molecular weight is 322 g/mol. The topological polar surface area (TPSA) is 21.7 Å². The molecule has 19 heavy (non-hydrogen) atoms. The van der Waals surface area contributed by atoms with Crippen molar-refractivity contribution in [3.8, 4) is 5.75 Å². The predicted molar refractivity (Wildman–Crippen MR) is 75.8 cm³/mol. The minimum absolute atomic E-state index is 0.0500.